The Morgan fingerprint density at radius 3 is 2.96 bits per heavy atom. The number of hydrogen-bond donors (Lipinski definition) is 1. The van der Waals surface area contributed by atoms with E-state index in [0.29, 0.717) is 31.6 Å². The molecule has 0 bridgehead atoms. The Kier molecular flexibility index (Phi) is 5.36. The van der Waals surface area contributed by atoms with E-state index in [4.69, 9.17) is 23.8 Å². The van der Waals surface area contributed by atoms with Gasteiger partial charge in [0.15, 0.2) is 9.60 Å². The van der Waals surface area contributed by atoms with Gasteiger partial charge in [-0.15, -0.1) is 6.58 Å². The van der Waals surface area contributed by atoms with Crippen molar-refractivity contribution in [1.82, 2.24) is 14.1 Å². The van der Waals surface area contributed by atoms with Crippen molar-refractivity contribution >= 4 is 57.1 Å². The SMILES string of the molecule is C=CCn1c(=S)sc2c(=O)n(CC(=O)Nc3ccc(C)cc3Cl)cnc21. The zero-order valence-electron chi connectivity index (χ0n) is 13.9. The number of nitrogens with one attached hydrogen (secondary N) is 1. The second kappa shape index (κ2) is 7.53. The average Bonchev–Trinajstić information content (AvgIpc) is 2.90. The first kappa shape index (κ1) is 18.5. The van der Waals surface area contributed by atoms with Gasteiger partial charge in [-0.2, -0.15) is 0 Å². The third kappa shape index (κ3) is 3.62. The van der Waals surface area contributed by atoms with Gasteiger partial charge in [0.05, 0.1) is 10.7 Å². The molecule has 26 heavy (non-hydrogen) atoms. The van der Waals surface area contributed by atoms with E-state index in [1.54, 1.807) is 22.8 Å². The summed E-state index contributed by atoms with van der Waals surface area (Å²) in [5, 5.41) is 3.15. The van der Waals surface area contributed by atoms with Crippen LogP contribution in [0.3, 0.4) is 0 Å². The van der Waals surface area contributed by atoms with Crippen molar-refractivity contribution < 1.29 is 4.79 Å². The van der Waals surface area contributed by atoms with Crippen molar-refractivity contribution in [2.24, 2.45) is 0 Å². The van der Waals surface area contributed by atoms with Gasteiger partial charge in [0.25, 0.3) is 5.56 Å². The minimum Gasteiger partial charge on any atom is -0.323 e. The predicted molar refractivity (Wildman–Crippen MR) is 108 cm³/mol. The first-order chi connectivity index (χ1) is 12.4. The molecule has 0 saturated heterocycles. The molecule has 1 aromatic carbocycles. The lowest BCUT2D eigenvalue weighted by molar-refractivity contribution is -0.116. The van der Waals surface area contributed by atoms with Crippen LogP contribution in [0.5, 0.6) is 0 Å². The first-order valence-electron chi connectivity index (χ1n) is 7.66. The Bertz CT molecular complexity index is 1130. The molecule has 0 fully saturated rings. The summed E-state index contributed by atoms with van der Waals surface area (Å²) >= 11 is 12.6. The third-order valence-corrected chi connectivity index (χ3v) is 5.41. The molecule has 3 rings (SSSR count). The van der Waals surface area contributed by atoms with Crippen LogP contribution in [-0.2, 0) is 17.9 Å². The average molecular weight is 407 g/mol. The summed E-state index contributed by atoms with van der Waals surface area (Å²) in [6, 6.07) is 5.32. The summed E-state index contributed by atoms with van der Waals surface area (Å²) in [6.45, 7) is 5.89. The fraction of sp³-hybridized carbons (Fsp3) is 0.176. The van der Waals surface area contributed by atoms with E-state index in [2.05, 4.69) is 16.9 Å². The van der Waals surface area contributed by atoms with Gasteiger partial charge in [0.1, 0.15) is 17.6 Å². The highest BCUT2D eigenvalue weighted by Gasteiger charge is 2.14. The molecule has 2 heterocycles. The second-order valence-corrected chi connectivity index (χ2v) is 7.68. The van der Waals surface area contributed by atoms with E-state index < -0.39 is 0 Å². The molecule has 134 valence electrons. The zero-order chi connectivity index (χ0) is 18.8. The Morgan fingerprint density at radius 1 is 1.50 bits per heavy atom. The number of hydrogen-bond acceptors (Lipinski definition) is 5. The number of nitrogens with zero attached hydrogens (tertiary/aromatic N) is 3. The molecule has 0 saturated carbocycles. The molecule has 0 spiro atoms. The van der Waals surface area contributed by atoms with Gasteiger partial charge in [0.2, 0.25) is 5.91 Å². The third-order valence-electron chi connectivity index (χ3n) is 3.67. The van der Waals surface area contributed by atoms with E-state index in [0.717, 1.165) is 5.56 Å². The van der Waals surface area contributed by atoms with E-state index in [1.165, 1.54) is 22.2 Å². The van der Waals surface area contributed by atoms with Crippen LogP contribution in [0.2, 0.25) is 5.02 Å². The number of thiazole rings is 1. The molecule has 0 aliphatic rings. The molecule has 3 aromatic rings. The van der Waals surface area contributed by atoms with E-state index in [-0.39, 0.29) is 18.0 Å². The highest BCUT2D eigenvalue weighted by atomic mass is 35.5. The summed E-state index contributed by atoms with van der Waals surface area (Å²) in [6.07, 6.45) is 3.04. The van der Waals surface area contributed by atoms with Gasteiger partial charge >= 0.3 is 0 Å². The molecular formula is C17H15ClN4O2S2. The maximum absolute atomic E-state index is 12.6. The number of halogens is 1. The largest absolute Gasteiger partial charge is 0.323 e. The Hall–Kier alpha value is -2.29. The van der Waals surface area contributed by atoms with Crippen LogP contribution >= 0.6 is 35.2 Å². The molecule has 2 aromatic heterocycles. The van der Waals surface area contributed by atoms with Crippen LogP contribution in [0.15, 0.2) is 42.0 Å². The topological polar surface area (TPSA) is 68.9 Å². The van der Waals surface area contributed by atoms with E-state index in [9.17, 15) is 9.59 Å². The fourth-order valence-corrected chi connectivity index (χ4v) is 4.04. The summed E-state index contributed by atoms with van der Waals surface area (Å²) in [5.41, 5.74) is 1.68. The van der Waals surface area contributed by atoms with Gasteiger partial charge in [0, 0.05) is 6.54 Å². The number of benzene rings is 1. The van der Waals surface area contributed by atoms with Crippen molar-refractivity contribution in [1.29, 1.82) is 0 Å². The van der Waals surface area contributed by atoms with Crippen LogP contribution in [0, 0.1) is 10.9 Å². The van der Waals surface area contributed by atoms with Crippen LogP contribution in [0.1, 0.15) is 5.56 Å². The van der Waals surface area contributed by atoms with Crippen LogP contribution < -0.4 is 10.9 Å². The van der Waals surface area contributed by atoms with E-state index >= 15 is 0 Å². The monoisotopic (exact) mass is 406 g/mol. The number of carbonyl (C=O) groups is 1. The first-order valence-corrected chi connectivity index (χ1v) is 9.26. The number of anilines is 1. The summed E-state index contributed by atoms with van der Waals surface area (Å²) in [4.78, 5) is 29.2. The van der Waals surface area contributed by atoms with E-state index in [1.807, 2.05) is 13.0 Å². The molecular weight excluding hydrogens is 392 g/mol. The van der Waals surface area contributed by atoms with Gasteiger partial charge in [-0.1, -0.05) is 35.1 Å². The smallest absolute Gasteiger partial charge is 0.273 e. The maximum atomic E-state index is 12.6. The number of rotatable bonds is 5. The molecule has 0 unspecified atom stereocenters. The highest BCUT2D eigenvalue weighted by Crippen LogP contribution is 2.22. The fourth-order valence-electron chi connectivity index (χ4n) is 2.44. The number of amides is 1. The van der Waals surface area contributed by atoms with Crippen LogP contribution in [0.4, 0.5) is 5.69 Å². The summed E-state index contributed by atoms with van der Waals surface area (Å²) in [5.74, 6) is -0.367. The van der Waals surface area contributed by atoms with Crippen molar-refractivity contribution in [3.63, 3.8) is 0 Å². The minimum atomic E-state index is -0.367. The molecule has 1 amide bonds. The number of aromatic nitrogens is 3. The van der Waals surface area contributed by atoms with Gasteiger partial charge < -0.3 is 9.88 Å². The van der Waals surface area contributed by atoms with Crippen molar-refractivity contribution in [2.45, 2.75) is 20.0 Å². The van der Waals surface area contributed by atoms with Crippen molar-refractivity contribution in [2.75, 3.05) is 5.32 Å². The summed E-state index contributed by atoms with van der Waals surface area (Å²) < 4.78 is 3.95. The molecule has 1 N–H and O–H groups in total. The maximum Gasteiger partial charge on any atom is 0.273 e. The van der Waals surface area contributed by atoms with Crippen LogP contribution in [0.25, 0.3) is 10.3 Å². The zero-order valence-corrected chi connectivity index (χ0v) is 16.2. The Balaban J connectivity index is 1.88. The molecule has 0 aliphatic carbocycles. The number of aryl methyl sites for hydroxylation is 1. The highest BCUT2D eigenvalue weighted by molar-refractivity contribution is 7.73. The van der Waals surface area contributed by atoms with Crippen molar-refractivity contribution in [3.8, 4) is 0 Å². The van der Waals surface area contributed by atoms with Gasteiger partial charge in [-0.25, -0.2) is 4.98 Å². The van der Waals surface area contributed by atoms with Crippen LogP contribution in [-0.4, -0.2) is 20.0 Å². The molecule has 6 nitrogen and oxygen atoms in total. The lowest BCUT2D eigenvalue weighted by Gasteiger charge is -2.09. The lowest BCUT2D eigenvalue weighted by Crippen LogP contribution is -2.27. The lowest BCUT2D eigenvalue weighted by atomic mass is 10.2. The molecule has 9 heteroatoms. The Morgan fingerprint density at radius 2 is 2.27 bits per heavy atom. The number of carbonyl (C=O) groups excluding carboxylic acids is 1. The Labute approximate surface area is 163 Å². The molecule has 0 radical (unpaired) electrons. The van der Waals surface area contributed by atoms with Gasteiger partial charge in [-0.05, 0) is 36.8 Å². The molecule has 0 atom stereocenters. The number of allylic oxidation sites excluding steroid dienone is 1. The minimum absolute atomic E-state index is 0.169. The molecule has 0 aliphatic heterocycles. The second-order valence-electron chi connectivity index (χ2n) is 5.63. The normalized spacial score (nSPS) is 10.8. The van der Waals surface area contributed by atoms with Crippen molar-refractivity contribution in [3.05, 3.63) is 62.1 Å². The predicted octanol–water partition coefficient (Wildman–Crippen LogP) is 3.78. The number of fused-ring (bicyclic) bond motifs is 1. The summed E-state index contributed by atoms with van der Waals surface area (Å²) in [7, 11) is 0. The quantitative estimate of drug-likeness (QED) is 0.517. The standard InChI is InChI=1S/C17H15ClN4O2S2/c1-3-6-22-15-14(26-17(22)25)16(24)21(9-19-15)8-13(23)20-12-5-4-10(2)7-11(12)18/h3-5,7,9H,1,6,8H2,2H3,(H,20,23). The van der Waals surface area contributed by atoms with Gasteiger partial charge in [-0.3, -0.25) is 14.2 Å².